The highest BCUT2D eigenvalue weighted by molar-refractivity contribution is 5.76. The third-order valence-corrected chi connectivity index (χ3v) is 3.90. The van der Waals surface area contributed by atoms with E-state index in [-0.39, 0.29) is 5.91 Å². The zero-order chi connectivity index (χ0) is 17.4. The van der Waals surface area contributed by atoms with E-state index in [1.165, 1.54) is 5.56 Å². The first-order valence-corrected chi connectivity index (χ1v) is 8.39. The zero-order valence-corrected chi connectivity index (χ0v) is 14.4. The van der Waals surface area contributed by atoms with Crippen LogP contribution in [-0.2, 0) is 11.2 Å². The summed E-state index contributed by atoms with van der Waals surface area (Å²) in [5.74, 6) is 1.31. The van der Waals surface area contributed by atoms with Crippen LogP contribution in [0.15, 0.2) is 48.5 Å². The molecule has 2 aromatic carbocycles. The molecule has 0 saturated heterocycles. The van der Waals surface area contributed by atoms with Crippen LogP contribution in [-0.4, -0.2) is 19.1 Å². The van der Waals surface area contributed by atoms with Gasteiger partial charge in [0.2, 0.25) is 5.91 Å². The molecule has 1 amide bonds. The van der Waals surface area contributed by atoms with Crippen molar-refractivity contribution in [1.82, 2.24) is 5.32 Å². The highest BCUT2D eigenvalue weighted by Crippen LogP contribution is 2.25. The van der Waals surface area contributed by atoms with Gasteiger partial charge in [0.05, 0.1) is 6.54 Å². The molecule has 0 bridgehead atoms. The second kappa shape index (κ2) is 8.96. The minimum absolute atomic E-state index is 0.0130. The Hall–Kier alpha value is -2.49. The van der Waals surface area contributed by atoms with Gasteiger partial charge in [-0.2, -0.15) is 0 Å². The molecule has 0 aliphatic rings. The van der Waals surface area contributed by atoms with Gasteiger partial charge in [0, 0.05) is 12.1 Å². The van der Waals surface area contributed by atoms with E-state index in [1.54, 1.807) is 0 Å². The van der Waals surface area contributed by atoms with Crippen LogP contribution in [0.5, 0.6) is 5.75 Å². The smallest absolute Gasteiger partial charge is 0.220 e. The number of aryl methyl sites for hydroxylation is 1. The fourth-order valence-electron chi connectivity index (χ4n) is 2.54. The van der Waals surface area contributed by atoms with Crippen LogP contribution in [0, 0.1) is 0 Å². The molecule has 24 heavy (non-hydrogen) atoms. The van der Waals surface area contributed by atoms with Crippen LogP contribution < -0.4 is 15.8 Å². The second-order valence-electron chi connectivity index (χ2n) is 6.09. The average Bonchev–Trinajstić information content (AvgIpc) is 2.58. The fraction of sp³-hybridized carbons (Fsp3) is 0.350. The minimum Gasteiger partial charge on any atom is -0.491 e. The Balaban J connectivity index is 1.71. The number of nitrogens with one attached hydrogen (secondary N) is 1. The highest BCUT2D eigenvalue weighted by Gasteiger charge is 2.07. The van der Waals surface area contributed by atoms with Crippen molar-refractivity contribution in [3.63, 3.8) is 0 Å². The molecule has 0 heterocycles. The molecule has 0 radical (unpaired) electrons. The Kier molecular flexibility index (Phi) is 6.67. The molecule has 128 valence electrons. The van der Waals surface area contributed by atoms with Crippen molar-refractivity contribution in [1.29, 1.82) is 0 Å². The number of anilines is 1. The van der Waals surface area contributed by atoms with E-state index in [1.807, 2.05) is 42.5 Å². The molecule has 0 spiro atoms. The summed E-state index contributed by atoms with van der Waals surface area (Å²) in [7, 11) is 0. The maximum Gasteiger partial charge on any atom is 0.220 e. The minimum atomic E-state index is 0.0130. The summed E-state index contributed by atoms with van der Waals surface area (Å²) in [5.41, 5.74) is 8.81. The number of amides is 1. The number of hydrogen-bond acceptors (Lipinski definition) is 3. The summed E-state index contributed by atoms with van der Waals surface area (Å²) >= 11 is 0. The van der Waals surface area contributed by atoms with Gasteiger partial charge >= 0.3 is 0 Å². The lowest BCUT2D eigenvalue weighted by atomic mass is 10.0. The van der Waals surface area contributed by atoms with Crippen molar-refractivity contribution in [3.05, 3.63) is 59.7 Å². The van der Waals surface area contributed by atoms with Gasteiger partial charge in [-0.25, -0.2) is 0 Å². The van der Waals surface area contributed by atoms with Crippen molar-refractivity contribution in [2.75, 3.05) is 18.9 Å². The number of nitrogen functional groups attached to an aromatic ring is 1. The van der Waals surface area contributed by atoms with Gasteiger partial charge in [0.1, 0.15) is 12.4 Å². The Bertz CT molecular complexity index is 668. The third kappa shape index (κ3) is 5.30. The maximum atomic E-state index is 11.9. The molecule has 0 aromatic heterocycles. The zero-order valence-electron chi connectivity index (χ0n) is 14.4. The summed E-state index contributed by atoms with van der Waals surface area (Å²) in [6.45, 7) is 5.23. The van der Waals surface area contributed by atoms with E-state index in [9.17, 15) is 4.79 Å². The number of ether oxygens (including phenoxy) is 1. The molecule has 4 heteroatoms. The Morgan fingerprint density at radius 3 is 2.58 bits per heavy atom. The number of carbonyl (C=O) groups is 1. The summed E-state index contributed by atoms with van der Waals surface area (Å²) in [4.78, 5) is 11.9. The fourth-order valence-corrected chi connectivity index (χ4v) is 2.54. The van der Waals surface area contributed by atoms with Crippen LogP contribution in [0.25, 0.3) is 0 Å². The molecule has 0 fully saturated rings. The molecule has 0 unspecified atom stereocenters. The largest absolute Gasteiger partial charge is 0.491 e. The normalized spacial score (nSPS) is 10.6. The van der Waals surface area contributed by atoms with Crippen molar-refractivity contribution in [2.24, 2.45) is 0 Å². The molecule has 0 aliphatic carbocycles. The topological polar surface area (TPSA) is 64.3 Å². The van der Waals surface area contributed by atoms with Crippen molar-refractivity contribution in [2.45, 2.75) is 32.6 Å². The van der Waals surface area contributed by atoms with Crippen LogP contribution >= 0.6 is 0 Å². The van der Waals surface area contributed by atoms with Crippen molar-refractivity contribution < 1.29 is 9.53 Å². The van der Waals surface area contributed by atoms with Gasteiger partial charge in [-0.3, -0.25) is 4.79 Å². The number of benzene rings is 2. The summed E-state index contributed by atoms with van der Waals surface area (Å²) in [5, 5.41) is 2.89. The molecule has 0 saturated carbocycles. The number of hydrogen-bond donors (Lipinski definition) is 2. The highest BCUT2D eigenvalue weighted by atomic mass is 16.5. The Morgan fingerprint density at radius 1 is 1.12 bits per heavy atom. The predicted octanol–water partition coefficient (Wildman–Crippen LogP) is 3.52. The molecular formula is C20H26N2O2. The lowest BCUT2D eigenvalue weighted by Crippen LogP contribution is -2.28. The van der Waals surface area contributed by atoms with E-state index < -0.39 is 0 Å². The quantitative estimate of drug-likeness (QED) is 0.576. The lowest BCUT2D eigenvalue weighted by molar-refractivity contribution is -0.121. The van der Waals surface area contributed by atoms with Crippen LogP contribution in [0.1, 0.15) is 37.3 Å². The summed E-state index contributed by atoms with van der Waals surface area (Å²) in [6.07, 6.45) is 1.08. The van der Waals surface area contributed by atoms with E-state index in [2.05, 4.69) is 25.2 Å². The number of carbonyl (C=O) groups excluding carboxylic acids is 1. The molecule has 4 nitrogen and oxygen atoms in total. The number of nitrogens with two attached hydrogens (primary N) is 1. The number of para-hydroxylation sites is 2. The molecule has 2 rings (SSSR count). The molecule has 0 atom stereocenters. The van der Waals surface area contributed by atoms with Crippen molar-refractivity contribution in [3.8, 4) is 5.75 Å². The van der Waals surface area contributed by atoms with Gasteiger partial charge in [-0.1, -0.05) is 50.2 Å². The lowest BCUT2D eigenvalue weighted by Gasteiger charge is -2.14. The van der Waals surface area contributed by atoms with Crippen molar-refractivity contribution >= 4 is 11.6 Å². The Labute approximate surface area is 144 Å². The molecule has 0 aliphatic heterocycles. The van der Waals surface area contributed by atoms with Gasteiger partial charge in [-0.05, 0) is 35.6 Å². The van der Waals surface area contributed by atoms with E-state index in [0.29, 0.717) is 31.9 Å². The van der Waals surface area contributed by atoms with Gasteiger partial charge < -0.3 is 15.8 Å². The van der Waals surface area contributed by atoms with Crippen LogP contribution in [0.4, 0.5) is 5.69 Å². The predicted molar refractivity (Wildman–Crippen MR) is 98.2 cm³/mol. The van der Waals surface area contributed by atoms with Crippen LogP contribution in [0.2, 0.25) is 0 Å². The van der Waals surface area contributed by atoms with Crippen LogP contribution in [0.3, 0.4) is 0 Å². The molecule has 3 N–H and O–H groups in total. The molecule has 2 aromatic rings. The first-order chi connectivity index (χ1) is 11.6. The average molecular weight is 326 g/mol. The van der Waals surface area contributed by atoms with Gasteiger partial charge in [0.15, 0.2) is 0 Å². The third-order valence-electron chi connectivity index (χ3n) is 3.90. The maximum absolute atomic E-state index is 11.9. The Morgan fingerprint density at radius 2 is 1.83 bits per heavy atom. The van der Waals surface area contributed by atoms with E-state index in [4.69, 9.17) is 10.5 Å². The second-order valence-corrected chi connectivity index (χ2v) is 6.09. The van der Waals surface area contributed by atoms with Gasteiger partial charge in [0.25, 0.3) is 0 Å². The first-order valence-electron chi connectivity index (χ1n) is 8.39. The summed E-state index contributed by atoms with van der Waals surface area (Å²) < 4.78 is 5.80. The SMILES string of the molecule is CC(C)c1ccccc1OCCNC(=O)CCc1ccccc1N. The first kappa shape index (κ1) is 17.9. The van der Waals surface area contributed by atoms with E-state index in [0.717, 1.165) is 17.0 Å². The monoisotopic (exact) mass is 326 g/mol. The standard InChI is InChI=1S/C20H26N2O2/c1-15(2)17-8-4-6-10-19(17)24-14-13-22-20(23)12-11-16-7-3-5-9-18(16)21/h3-10,15H,11-14,21H2,1-2H3,(H,22,23). The van der Waals surface area contributed by atoms with E-state index >= 15 is 0 Å². The number of rotatable bonds is 8. The molecular weight excluding hydrogens is 300 g/mol. The summed E-state index contributed by atoms with van der Waals surface area (Å²) in [6, 6.07) is 15.7. The van der Waals surface area contributed by atoms with Gasteiger partial charge in [-0.15, -0.1) is 0 Å².